The van der Waals surface area contributed by atoms with Crippen molar-refractivity contribution in [2.24, 2.45) is 17.8 Å². The number of rotatable bonds is 2. The van der Waals surface area contributed by atoms with Crippen LogP contribution >= 0.6 is 0 Å². The fraction of sp³-hybridized carbons (Fsp3) is 1.00. The van der Waals surface area contributed by atoms with Crippen molar-refractivity contribution < 1.29 is 9.84 Å². The van der Waals surface area contributed by atoms with Crippen LogP contribution in [0.1, 0.15) is 47.5 Å². The average molecular weight is 200 g/mol. The molecule has 0 amide bonds. The van der Waals surface area contributed by atoms with E-state index in [4.69, 9.17) is 4.74 Å². The second-order valence-corrected chi connectivity index (χ2v) is 5.18. The summed E-state index contributed by atoms with van der Waals surface area (Å²) in [5.74, 6) is 0.696. The van der Waals surface area contributed by atoms with Crippen LogP contribution in [0.5, 0.6) is 0 Å². The standard InChI is InChI=1S/C12H24O2/c1-6-8(2)11-10(4)9(3)7-12(5,13)14-11/h8-11,13H,6-7H2,1-5H3/t8-,9-,10-,11?,12+/m1/s1. The molecule has 0 aliphatic carbocycles. The van der Waals surface area contributed by atoms with Gasteiger partial charge < -0.3 is 9.84 Å². The molecule has 1 rings (SSSR count). The Bertz CT molecular complexity index is 189. The number of ether oxygens (including phenoxy) is 1. The maximum atomic E-state index is 9.96. The first-order chi connectivity index (χ1) is 6.37. The first kappa shape index (κ1) is 12.0. The molecule has 2 heteroatoms. The van der Waals surface area contributed by atoms with E-state index in [1.165, 1.54) is 0 Å². The van der Waals surface area contributed by atoms with Crippen LogP contribution in [-0.2, 0) is 4.74 Å². The van der Waals surface area contributed by atoms with Gasteiger partial charge in [0, 0.05) is 6.42 Å². The van der Waals surface area contributed by atoms with Crippen molar-refractivity contribution in [3.8, 4) is 0 Å². The van der Waals surface area contributed by atoms with E-state index in [0.717, 1.165) is 12.8 Å². The maximum absolute atomic E-state index is 9.96. The third-order valence-electron chi connectivity index (χ3n) is 3.71. The topological polar surface area (TPSA) is 29.5 Å². The number of hydrogen-bond acceptors (Lipinski definition) is 2. The van der Waals surface area contributed by atoms with Crippen molar-refractivity contribution in [3.63, 3.8) is 0 Å². The first-order valence-electron chi connectivity index (χ1n) is 5.77. The normalized spacial score (nSPS) is 46.3. The van der Waals surface area contributed by atoms with Crippen LogP contribution < -0.4 is 0 Å². The lowest BCUT2D eigenvalue weighted by molar-refractivity contribution is -0.277. The predicted octanol–water partition coefficient (Wildman–Crippen LogP) is 2.80. The van der Waals surface area contributed by atoms with Gasteiger partial charge in [0.25, 0.3) is 0 Å². The zero-order chi connectivity index (χ0) is 10.9. The van der Waals surface area contributed by atoms with Crippen molar-refractivity contribution >= 4 is 0 Å². The molecular formula is C12H24O2. The predicted molar refractivity (Wildman–Crippen MR) is 57.9 cm³/mol. The minimum Gasteiger partial charge on any atom is -0.366 e. The van der Waals surface area contributed by atoms with Gasteiger partial charge in [-0.2, -0.15) is 0 Å². The van der Waals surface area contributed by atoms with Gasteiger partial charge in [-0.05, 0) is 24.7 Å². The van der Waals surface area contributed by atoms with Gasteiger partial charge in [0.2, 0.25) is 0 Å². The molecule has 84 valence electrons. The molecule has 1 fully saturated rings. The van der Waals surface area contributed by atoms with E-state index in [9.17, 15) is 5.11 Å². The summed E-state index contributed by atoms with van der Waals surface area (Å²) in [5.41, 5.74) is 0. The highest BCUT2D eigenvalue weighted by atomic mass is 16.6. The lowest BCUT2D eigenvalue weighted by Gasteiger charge is -2.44. The highest BCUT2D eigenvalue weighted by Crippen LogP contribution is 2.38. The molecule has 1 aliphatic rings. The fourth-order valence-electron chi connectivity index (χ4n) is 2.42. The Morgan fingerprint density at radius 1 is 1.50 bits per heavy atom. The van der Waals surface area contributed by atoms with Crippen molar-refractivity contribution in [1.29, 1.82) is 0 Å². The number of aliphatic hydroxyl groups is 1. The summed E-state index contributed by atoms with van der Waals surface area (Å²) in [6.07, 6.45) is 2.07. The van der Waals surface area contributed by atoms with E-state index in [-0.39, 0.29) is 6.10 Å². The van der Waals surface area contributed by atoms with E-state index in [2.05, 4.69) is 27.7 Å². The maximum Gasteiger partial charge on any atom is 0.163 e. The second-order valence-electron chi connectivity index (χ2n) is 5.18. The minimum absolute atomic E-state index is 0.207. The van der Waals surface area contributed by atoms with Gasteiger partial charge in [-0.25, -0.2) is 0 Å². The zero-order valence-corrected chi connectivity index (χ0v) is 10.1. The molecule has 1 unspecified atom stereocenters. The molecule has 14 heavy (non-hydrogen) atoms. The SMILES string of the molecule is CC[C@@H](C)C1O[C@](C)(O)C[C@@H](C)[C@H]1C. The molecule has 0 aromatic heterocycles. The summed E-state index contributed by atoms with van der Waals surface area (Å²) in [6, 6.07) is 0. The molecule has 0 radical (unpaired) electrons. The average Bonchev–Trinajstić information content (AvgIpc) is 2.09. The van der Waals surface area contributed by atoms with Gasteiger partial charge >= 0.3 is 0 Å². The molecule has 0 saturated carbocycles. The van der Waals surface area contributed by atoms with E-state index >= 15 is 0 Å². The smallest absolute Gasteiger partial charge is 0.163 e. The summed E-state index contributed by atoms with van der Waals surface area (Å²) < 4.78 is 5.76. The van der Waals surface area contributed by atoms with Crippen LogP contribution in [0, 0.1) is 17.8 Å². The Kier molecular flexibility index (Phi) is 3.59. The molecule has 1 aliphatic heterocycles. The van der Waals surface area contributed by atoms with E-state index < -0.39 is 5.79 Å². The Hall–Kier alpha value is -0.0800. The quantitative estimate of drug-likeness (QED) is 0.742. The van der Waals surface area contributed by atoms with Crippen LogP contribution in [0.2, 0.25) is 0 Å². The van der Waals surface area contributed by atoms with Crippen LogP contribution in [0.15, 0.2) is 0 Å². The molecule has 0 bridgehead atoms. The Morgan fingerprint density at radius 3 is 2.57 bits per heavy atom. The summed E-state index contributed by atoms with van der Waals surface area (Å²) in [5, 5.41) is 9.96. The Labute approximate surface area is 87.7 Å². The molecule has 0 aromatic rings. The summed E-state index contributed by atoms with van der Waals surface area (Å²) in [7, 11) is 0. The molecule has 1 heterocycles. The fourth-order valence-corrected chi connectivity index (χ4v) is 2.42. The molecule has 5 atom stereocenters. The summed E-state index contributed by atoms with van der Waals surface area (Å²) in [4.78, 5) is 0. The van der Waals surface area contributed by atoms with Gasteiger partial charge in [-0.3, -0.25) is 0 Å². The highest BCUT2D eigenvalue weighted by molar-refractivity contribution is 4.85. The second kappa shape index (κ2) is 4.19. The Morgan fingerprint density at radius 2 is 2.07 bits per heavy atom. The molecule has 1 N–H and O–H groups in total. The molecule has 2 nitrogen and oxygen atoms in total. The van der Waals surface area contributed by atoms with Gasteiger partial charge in [0.15, 0.2) is 5.79 Å². The molecule has 0 spiro atoms. The lowest BCUT2D eigenvalue weighted by Crippen LogP contribution is -2.48. The summed E-state index contributed by atoms with van der Waals surface area (Å²) in [6.45, 7) is 10.6. The van der Waals surface area contributed by atoms with Gasteiger partial charge in [-0.1, -0.05) is 34.1 Å². The monoisotopic (exact) mass is 200 g/mol. The first-order valence-corrected chi connectivity index (χ1v) is 5.77. The summed E-state index contributed by atoms with van der Waals surface area (Å²) >= 11 is 0. The van der Waals surface area contributed by atoms with Gasteiger partial charge in [-0.15, -0.1) is 0 Å². The molecular weight excluding hydrogens is 176 g/mol. The van der Waals surface area contributed by atoms with Crippen molar-refractivity contribution in [3.05, 3.63) is 0 Å². The van der Waals surface area contributed by atoms with E-state index in [1.807, 2.05) is 0 Å². The minimum atomic E-state index is -0.917. The van der Waals surface area contributed by atoms with Gasteiger partial charge in [0.1, 0.15) is 0 Å². The highest BCUT2D eigenvalue weighted by Gasteiger charge is 2.41. The van der Waals surface area contributed by atoms with Crippen LogP contribution in [0.3, 0.4) is 0 Å². The van der Waals surface area contributed by atoms with Gasteiger partial charge in [0.05, 0.1) is 6.10 Å². The van der Waals surface area contributed by atoms with Crippen LogP contribution in [-0.4, -0.2) is 17.0 Å². The molecule has 1 saturated heterocycles. The number of hydrogen-bond donors (Lipinski definition) is 1. The van der Waals surface area contributed by atoms with Crippen molar-refractivity contribution in [1.82, 2.24) is 0 Å². The molecule has 0 aromatic carbocycles. The van der Waals surface area contributed by atoms with Crippen LogP contribution in [0.4, 0.5) is 0 Å². The van der Waals surface area contributed by atoms with Crippen molar-refractivity contribution in [2.75, 3.05) is 0 Å². The zero-order valence-electron chi connectivity index (χ0n) is 10.1. The van der Waals surface area contributed by atoms with Crippen LogP contribution in [0.25, 0.3) is 0 Å². The third-order valence-corrected chi connectivity index (χ3v) is 3.71. The van der Waals surface area contributed by atoms with E-state index in [1.54, 1.807) is 6.92 Å². The largest absolute Gasteiger partial charge is 0.366 e. The lowest BCUT2D eigenvalue weighted by atomic mass is 9.78. The van der Waals surface area contributed by atoms with E-state index in [0.29, 0.717) is 17.8 Å². The Balaban J connectivity index is 2.73. The van der Waals surface area contributed by atoms with Crippen molar-refractivity contribution in [2.45, 2.75) is 59.4 Å². The third kappa shape index (κ3) is 2.48.